The van der Waals surface area contributed by atoms with Crippen molar-refractivity contribution in [1.82, 2.24) is 9.88 Å². The number of fused-ring (bicyclic) bond motifs is 1. The second-order valence-corrected chi connectivity index (χ2v) is 6.34. The summed E-state index contributed by atoms with van der Waals surface area (Å²) in [5.41, 5.74) is 1.43. The molecular weight excluding hydrogens is 352 g/mol. The molecule has 0 saturated carbocycles. The number of nitrogens with one attached hydrogen (secondary N) is 1. The van der Waals surface area contributed by atoms with E-state index in [1.807, 2.05) is 31.2 Å². The van der Waals surface area contributed by atoms with E-state index in [0.717, 1.165) is 11.1 Å². The second kappa shape index (κ2) is 7.62. The van der Waals surface area contributed by atoms with Gasteiger partial charge in [0.1, 0.15) is 11.3 Å². The number of pyridine rings is 1. The number of carbonyl (C=O) groups is 1. The predicted molar refractivity (Wildman–Crippen MR) is 103 cm³/mol. The van der Waals surface area contributed by atoms with Crippen molar-refractivity contribution in [2.24, 2.45) is 7.05 Å². The number of amides is 1. The number of rotatable bonds is 5. The molecule has 0 bridgehead atoms. The highest BCUT2D eigenvalue weighted by Gasteiger charge is 2.15. The maximum atomic E-state index is 12.8. The highest BCUT2D eigenvalue weighted by molar-refractivity contribution is 6.30. The summed E-state index contributed by atoms with van der Waals surface area (Å²) in [6, 6.07) is 12.5. The smallest absolute Gasteiger partial charge is 0.257 e. The van der Waals surface area contributed by atoms with Crippen LogP contribution in [0.3, 0.4) is 0 Å². The van der Waals surface area contributed by atoms with E-state index in [2.05, 4.69) is 5.32 Å². The third kappa shape index (κ3) is 3.73. The molecule has 0 aliphatic heterocycles. The Labute approximate surface area is 156 Å². The van der Waals surface area contributed by atoms with E-state index < -0.39 is 5.91 Å². The minimum atomic E-state index is -0.413. The van der Waals surface area contributed by atoms with Gasteiger partial charge in [-0.05, 0) is 42.8 Å². The van der Waals surface area contributed by atoms with E-state index >= 15 is 0 Å². The van der Waals surface area contributed by atoms with Gasteiger partial charge in [-0.3, -0.25) is 9.59 Å². The quantitative estimate of drug-likeness (QED) is 0.747. The van der Waals surface area contributed by atoms with Crippen molar-refractivity contribution in [2.75, 3.05) is 6.61 Å². The van der Waals surface area contributed by atoms with Crippen LogP contribution in [0.4, 0.5) is 0 Å². The van der Waals surface area contributed by atoms with Crippen LogP contribution in [0.2, 0.25) is 5.02 Å². The third-order valence-corrected chi connectivity index (χ3v) is 4.33. The van der Waals surface area contributed by atoms with Gasteiger partial charge in [0.15, 0.2) is 0 Å². The lowest BCUT2D eigenvalue weighted by Crippen LogP contribution is -2.29. The van der Waals surface area contributed by atoms with Crippen LogP contribution < -0.4 is 15.5 Å². The number of ether oxygens (including phenoxy) is 1. The fraction of sp³-hybridized carbons (Fsp3) is 0.200. The van der Waals surface area contributed by atoms with Gasteiger partial charge in [0.2, 0.25) is 5.43 Å². The van der Waals surface area contributed by atoms with Gasteiger partial charge in [0.25, 0.3) is 5.91 Å². The fourth-order valence-electron chi connectivity index (χ4n) is 2.77. The fourth-order valence-corrected chi connectivity index (χ4v) is 2.90. The van der Waals surface area contributed by atoms with Crippen LogP contribution >= 0.6 is 11.6 Å². The number of hydrogen-bond donors (Lipinski definition) is 1. The van der Waals surface area contributed by atoms with Crippen molar-refractivity contribution in [3.63, 3.8) is 0 Å². The number of benzene rings is 2. The van der Waals surface area contributed by atoms with Crippen LogP contribution in [-0.4, -0.2) is 17.1 Å². The van der Waals surface area contributed by atoms with Gasteiger partial charge >= 0.3 is 0 Å². The lowest BCUT2D eigenvalue weighted by molar-refractivity contribution is 0.0949. The summed E-state index contributed by atoms with van der Waals surface area (Å²) in [5.74, 6) is 0.195. The monoisotopic (exact) mass is 370 g/mol. The van der Waals surface area contributed by atoms with Gasteiger partial charge in [0.05, 0.1) is 17.5 Å². The Morgan fingerprint density at radius 1 is 1.19 bits per heavy atom. The van der Waals surface area contributed by atoms with Crippen molar-refractivity contribution in [1.29, 1.82) is 0 Å². The van der Waals surface area contributed by atoms with Crippen molar-refractivity contribution in [3.05, 3.63) is 75.0 Å². The summed E-state index contributed by atoms with van der Waals surface area (Å²) < 4.78 is 7.23. The second-order valence-electron chi connectivity index (χ2n) is 5.90. The van der Waals surface area contributed by atoms with Crippen molar-refractivity contribution < 1.29 is 9.53 Å². The normalized spacial score (nSPS) is 10.7. The molecule has 3 rings (SSSR count). The van der Waals surface area contributed by atoms with Gasteiger partial charge in [-0.25, -0.2) is 0 Å². The van der Waals surface area contributed by atoms with E-state index in [1.54, 1.807) is 36.0 Å². The van der Waals surface area contributed by atoms with Gasteiger partial charge in [-0.2, -0.15) is 0 Å². The van der Waals surface area contributed by atoms with Crippen LogP contribution in [0.1, 0.15) is 22.8 Å². The van der Waals surface area contributed by atoms with Gasteiger partial charge in [-0.15, -0.1) is 0 Å². The number of nitrogens with zero attached hydrogens (tertiary/aromatic N) is 1. The number of aromatic nitrogens is 1. The lowest BCUT2D eigenvalue weighted by atomic mass is 10.1. The summed E-state index contributed by atoms with van der Waals surface area (Å²) in [6.07, 6.45) is 1.56. The molecule has 1 aromatic heterocycles. The maximum Gasteiger partial charge on any atom is 0.257 e. The molecule has 26 heavy (non-hydrogen) atoms. The molecule has 0 spiro atoms. The number of hydrogen-bond acceptors (Lipinski definition) is 3. The molecule has 0 saturated heterocycles. The SMILES string of the molecule is CCOc1ccc2c(c1)c(=O)c(C(=O)NCc1ccc(Cl)cc1)cn2C. The van der Waals surface area contributed by atoms with Crippen LogP contribution in [0.25, 0.3) is 10.9 Å². The van der Waals surface area contributed by atoms with Crippen molar-refractivity contribution >= 4 is 28.4 Å². The van der Waals surface area contributed by atoms with E-state index in [0.29, 0.717) is 29.3 Å². The Kier molecular flexibility index (Phi) is 5.28. The molecule has 1 heterocycles. The molecule has 0 radical (unpaired) electrons. The topological polar surface area (TPSA) is 60.3 Å². The van der Waals surface area contributed by atoms with Crippen LogP contribution in [-0.2, 0) is 13.6 Å². The Balaban J connectivity index is 1.90. The first kappa shape index (κ1) is 18.0. The number of carbonyl (C=O) groups excluding carboxylic acids is 1. The third-order valence-electron chi connectivity index (χ3n) is 4.08. The first-order chi connectivity index (χ1) is 12.5. The standard InChI is InChI=1S/C20H19ClN2O3/c1-3-26-15-8-9-18-16(10-15)19(24)17(12-23(18)2)20(25)22-11-13-4-6-14(21)7-5-13/h4-10,12H,3,11H2,1-2H3,(H,22,25). The number of aryl methyl sites for hydroxylation is 1. The summed E-state index contributed by atoms with van der Waals surface area (Å²) in [7, 11) is 1.80. The van der Waals surface area contributed by atoms with Crippen LogP contribution in [0.15, 0.2) is 53.5 Å². The molecule has 6 heteroatoms. The Hall–Kier alpha value is -2.79. The van der Waals surface area contributed by atoms with E-state index in [9.17, 15) is 9.59 Å². The highest BCUT2D eigenvalue weighted by Crippen LogP contribution is 2.19. The number of halogens is 1. The summed E-state index contributed by atoms with van der Waals surface area (Å²) in [5, 5.41) is 3.87. The van der Waals surface area contributed by atoms with Gasteiger partial charge in [-0.1, -0.05) is 23.7 Å². The molecule has 3 aromatic rings. The van der Waals surface area contributed by atoms with Crippen LogP contribution in [0.5, 0.6) is 5.75 Å². The molecule has 1 N–H and O–H groups in total. The van der Waals surface area contributed by atoms with Gasteiger partial charge in [0, 0.05) is 24.8 Å². The summed E-state index contributed by atoms with van der Waals surface area (Å²) >= 11 is 5.86. The average Bonchev–Trinajstić information content (AvgIpc) is 2.64. The molecule has 1 amide bonds. The van der Waals surface area contributed by atoms with Crippen molar-refractivity contribution in [2.45, 2.75) is 13.5 Å². The lowest BCUT2D eigenvalue weighted by Gasteiger charge is -2.11. The largest absolute Gasteiger partial charge is 0.494 e. The maximum absolute atomic E-state index is 12.8. The molecule has 5 nitrogen and oxygen atoms in total. The summed E-state index contributed by atoms with van der Waals surface area (Å²) in [6.45, 7) is 2.70. The Morgan fingerprint density at radius 2 is 1.92 bits per heavy atom. The van der Waals surface area contributed by atoms with Crippen molar-refractivity contribution in [3.8, 4) is 5.75 Å². The zero-order valence-electron chi connectivity index (χ0n) is 14.6. The Bertz CT molecular complexity index is 1010. The molecule has 134 valence electrons. The predicted octanol–water partition coefficient (Wildman–Crippen LogP) is 3.52. The first-order valence-corrected chi connectivity index (χ1v) is 8.66. The molecular formula is C20H19ClN2O3. The zero-order chi connectivity index (χ0) is 18.7. The highest BCUT2D eigenvalue weighted by atomic mass is 35.5. The van der Waals surface area contributed by atoms with E-state index in [4.69, 9.17) is 16.3 Å². The molecule has 2 aromatic carbocycles. The minimum absolute atomic E-state index is 0.0996. The molecule has 0 aliphatic rings. The minimum Gasteiger partial charge on any atom is -0.494 e. The first-order valence-electron chi connectivity index (χ1n) is 8.28. The Morgan fingerprint density at radius 3 is 2.62 bits per heavy atom. The molecule has 0 fully saturated rings. The van der Waals surface area contributed by atoms with E-state index in [1.165, 1.54) is 0 Å². The molecule has 0 aliphatic carbocycles. The molecule has 0 atom stereocenters. The van der Waals surface area contributed by atoms with E-state index in [-0.39, 0.29) is 11.0 Å². The average molecular weight is 371 g/mol. The van der Waals surface area contributed by atoms with Gasteiger partial charge < -0.3 is 14.6 Å². The molecule has 0 unspecified atom stereocenters. The zero-order valence-corrected chi connectivity index (χ0v) is 15.3. The van der Waals surface area contributed by atoms with Crippen LogP contribution in [0, 0.1) is 0 Å². The summed E-state index contributed by atoms with van der Waals surface area (Å²) in [4.78, 5) is 25.3.